The third-order valence-electron chi connectivity index (χ3n) is 0.184. The Morgan fingerprint density at radius 3 is 2.00 bits per heavy atom. The molecule has 0 fully saturated rings. The first-order valence-corrected chi connectivity index (χ1v) is 7.41. The monoisotopic (exact) mass is 235 g/mol. The van der Waals surface area contributed by atoms with E-state index in [1.807, 2.05) is 0 Å². The normalized spacial score (nSPS) is 18.4. The van der Waals surface area contributed by atoms with Crippen LogP contribution in [-0.2, 0) is 33.0 Å². The van der Waals surface area contributed by atoms with E-state index in [4.69, 9.17) is 14.7 Å². The summed E-state index contributed by atoms with van der Waals surface area (Å²) in [4.78, 5) is 20.6. The predicted octanol–water partition coefficient (Wildman–Crippen LogP) is -0.138. The Balaban J connectivity index is 3.56. The van der Waals surface area contributed by atoms with Gasteiger partial charge in [0.1, 0.15) is 0 Å². The first-order chi connectivity index (χ1) is 3.42. The molecule has 3 N–H and O–H groups in total. The third-order valence-corrected chi connectivity index (χ3v) is 3.46. The standard InChI is InChI=1S/H2O5P2.Zr/c1-6(2)5-7(3)4;/h1-2H;/q;-1/p+1. The van der Waals surface area contributed by atoms with Crippen LogP contribution in [0.3, 0.4) is 0 Å². The summed E-state index contributed by atoms with van der Waals surface area (Å²) in [5.74, 6) is 0. The van der Waals surface area contributed by atoms with E-state index >= 15 is 0 Å². The van der Waals surface area contributed by atoms with Crippen LogP contribution in [0, 0.1) is 0 Å². The molecule has 5 nitrogen and oxygen atoms in total. The number of rotatable bonds is 2. The zero-order chi connectivity index (χ0) is 6.78. The molecule has 1 unspecified atom stereocenters. The molecule has 0 bridgehead atoms. The van der Waals surface area contributed by atoms with E-state index in [1.165, 1.54) is 0 Å². The van der Waals surface area contributed by atoms with Gasteiger partial charge in [-0.05, 0) is 0 Å². The summed E-state index contributed by atoms with van der Waals surface area (Å²) in [5, 5.41) is 0. The molecule has 0 heterocycles. The molecule has 8 heavy (non-hydrogen) atoms. The van der Waals surface area contributed by atoms with Gasteiger partial charge in [0.05, 0.1) is 0 Å². The Bertz CT molecular complexity index is 103. The quantitative estimate of drug-likeness (QED) is 0.581. The Morgan fingerprint density at radius 2 is 2.00 bits per heavy atom. The number of hydrogen-bond donors (Lipinski definition) is 3. The molecule has 0 aromatic rings. The van der Waals surface area contributed by atoms with Gasteiger partial charge < -0.3 is 0 Å². The molecular formula is H3O5P2Zr. The fraction of sp³-hybridized carbons (Fsp3) is 0. The summed E-state index contributed by atoms with van der Waals surface area (Å²) in [5.41, 5.74) is 0. The average Bonchev–Trinajstić information content (AvgIpc) is 1.21. The molecule has 0 aliphatic carbocycles. The van der Waals surface area contributed by atoms with Crippen LogP contribution in [0.25, 0.3) is 0 Å². The van der Waals surface area contributed by atoms with Crippen LogP contribution < -0.4 is 0 Å². The van der Waals surface area contributed by atoms with Gasteiger partial charge in [-0.2, -0.15) is 0 Å². The fourth-order valence-electron chi connectivity index (χ4n) is 0.0990. The van der Waals surface area contributed by atoms with Crippen molar-refractivity contribution in [2.24, 2.45) is 0 Å². The summed E-state index contributed by atoms with van der Waals surface area (Å²) in [6, 6.07) is 0. The van der Waals surface area contributed by atoms with E-state index in [9.17, 15) is 4.57 Å². The first-order valence-electron chi connectivity index (χ1n) is 1.37. The molecule has 0 spiro atoms. The van der Waals surface area contributed by atoms with Crippen LogP contribution in [0.1, 0.15) is 0 Å². The minimum atomic E-state index is -3.60. The molecule has 0 aromatic carbocycles. The van der Waals surface area contributed by atoms with Crippen molar-refractivity contribution in [3.05, 3.63) is 0 Å². The maximum absolute atomic E-state index is 10.1. The average molecular weight is 236 g/mol. The van der Waals surface area contributed by atoms with Crippen LogP contribution in [0.4, 0.5) is 0 Å². The molecule has 0 rings (SSSR count). The van der Waals surface area contributed by atoms with Crippen molar-refractivity contribution in [3.63, 3.8) is 0 Å². The van der Waals surface area contributed by atoms with Crippen molar-refractivity contribution in [2.75, 3.05) is 0 Å². The summed E-state index contributed by atoms with van der Waals surface area (Å²) < 4.78 is 13.9. The molecule has 1 atom stereocenters. The molecule has 0 aliphatic rings. The van der Waals surface area contributed by atoms with Gasteiger partial charge >= 0.3 is 61.2 Å². The molecule has 0 aliphatic heterocycles. The van der Waals surface area contributed by atoms with Gasteiger partial charge in [-0.25, -0.2) is 0 Å². The van der Waals surface area contributed by atoms with Gasteiger partial charge in [-0.3, -0.25) is 0 Å². The van der Waals surface area contributed by atoms with Crippen molar-refractivity contribution in [1.29, 1.82) is 0 Å². The van der Waals surface area contributed by atoms with E-state index in [-0.39, 0.29) is 24.1 Å². The summed E-state index contributed by atoms with van der Waals surface area (Å²) >= 11 is 0.249. The molecule has 8 heteroatoms. The molecule has 0 saturated carbocycles. The topological polar surface area (TPSA) is 87.0 Å². The van der Waals surface area contributed by atoms with Crippen LogP contribution in [0.2, 0.25) is 0 Å². The third kappa shape index (κ3) is 7.38. The van der Waals surface area contributed by atoms with Gasteiger partial charge in [0.25, 0.3) is 0 Å². The van der Waals surface area contributed by atoms with Crippen LogP contribution in [0.15, 0.2) is 0 Å². The summed E-state index contributed by atoms with van der Waals surface area (Å²) in [6.07, 6.45) is 0. The maximum atomic E-state index is 10.1. The van der Waals surface area contributed by atoms with Gasteiger partial charge in [0.15, 0.2) is 0 Å². The molecule has 0 amide bonds. The van der Waals surface area contributed by atoms with Gasteiger partial charge in [0.2, 0.25) is 0 Å². The van der Waals surface area contributed by atoms with Crippen molar-refractivity contribution in [3.8, 4) is 0 Å². The molecule has 0 saturated heterocycles. The van der Waals surface area contributed by atoms with Crippen LogP contribution in [0.5, 0.6) is 0 Å². The van der Waals surface area contributed by atoms with E-state index in [0.29, 0.717) is 0 Å². The van der Waals surface area contributed by atoms with Crippen LogP contribution in [-0.4, -0.2) is 14.7 Å². The number of hydrogen-bond acceptors (Lipinski definition) is 4. The van der Waals surface area contributed by atoms with Gasteiger partial charge in [-0.15, -0.1) is 0 Å². The van der Waals surface area contributed by atoms with Crippen molar-refractivity contribution in [1.82, 2.24) is 0 Å². The van der Waals surface area contributed by atoms with Crippen molar-refractivity contribution >= 4 is 13.5 Å². The molecule has 0 radical (unpaired) electrons. The second-order valence-electron chi connectivity index (χ2n) is 0.855. The second kappa shape index (κ2) is 3.53. The van der Waals surface area contributed by atoms with E-state index in [0.717, 1.165) is 0 Å². The predicted molar refractivity (Wildman–Crippen MR) is 22.3 cm³/mol. The Hall–Kier alpha value is 1.38. The molecule has 0 aromatic heterocycles. The molecular weight excluding hydrogens is 233 g/mol. The zero-order valence-electron chi connectivity index (χ0n) is 3.55. The van der Waals surface area contributed by atoms with E-state index < -0.39 is 13.5 Å². The zero-order valence-corrected chi connectivity index (χ0v) is 7.80. The summed E-state index contributed by atoms with van der Waals surface area (Å²) in [7, 11) is -2.68. The SMILES string of the molecule is O=[P](O)([Zr])OP(O)O. The second-order valence-corrected chi connectivity index (χ2v) is 7.22. The van der Waals surface area contributed by atoms with Crippen molar-refractivity contribution in [2.45, 2.75) is 0 Å². The van der Waals surface area contributed by atoms with Gasteiger partial charge in [-0.1, -0.05) is 0 Å². The Labute approximate surface area is 61.3 Å². The summed E-state index contributed by atoms with van der Waals surface area (Å²) in [6.45, 7) is 0. The minimum absolute atomic E-state index is 0.249. The fourth-order valence-corrected chi connectivity index (χ4v) is 2.51. The van der Waals surface area contributed by atoms with Gasteiger partial charge in [0, 0.05) is 0 Å². The Morgan fingerprint density at radius 1 is 1.62 bits per heavy atom. The van der Waals surface area contributed by atoms with E-state index in [2.05, 4.69) is 4.31 Å². The molecule has 47 valence electrons. The first kappa shape index (κ1) is 9.38. The van der Waals surface area contributed by atoms with E-state index in [1.54, 1.807) is 0 Å². The van der Waals surface area contributed by atoms with Crippen molar-refractivity contribution < 1.29 is 47.7 Å². The van der Waals surface area contributed by atoms with Crippen LogP contribution >= 0.6 is 13.5 Å². The Kier molecular flexibility index (Phi) is 4.14.